The molecule has 0 bridgehead atoms. The second-order valence-corrected chi connectivity index (χ2v) is 7.64. The molecule has 0 radical (unpaired) electrons. The summed E-state index contributed by atoms with van der Waals surface area (Å²) in [5.41, 5.74) is 0.753. The number of hydrazone groups is 1. The Kier molecular flexibility index (Phi) is 5.80. The van der Waals surface area contributed by atoms with Crippen LogP contribution in [0.2, 0.25) is 0 Å². The molecule has 2 N–H and O–H groups in total. The molecule has 1 amide bonds. The number of rotatable bonds is 5. The van der Waals surface area contributed by atoms with Crippen molar-refractivity contribution in [2.45, 2.75) is 6.17 Å². The monoisotopic (exact) mass is 462 g/mol. The molecule has 10 nitrogen and oxygen atoms in total. The van der Waals surface area contributed by atoms with Gasteiger partial charge in [-0.1, -0.05) is 42.5 Å². The molecule has 2 unspecified atom stereocenters. The van der Waals surface area contributed by atoms with Crippen molar-refractivity contribution in [2.24, 2.45) is 21.2 Å². The second-order valence-electron chi connectivity index (χ2n) is 7.64. The summed E-state index contributed by atoms with van der Waals surface area (Å²) in [4.78, 5) is 13.2. The Morgan fingerprint density at radius 1 is 1.09 bits per heavy atom. The first kappa shape index (κ1) is 21.7. The fourth-order valence-electron chi connectivity index (χ4n) is 3.74. The van der Waals surface area contributed by atoms with E-state index in [-0.39, 0.29) is 17.0 Å². The first-order valence-electron chi connectivity index (χ1n) is 10.7. The summed E-state index contributed by atoms with van der Waals surface area (Å²) in [6.45, 7) is 0. The number of hydrogen-bond acceptors (Lipinski definition) is 9. The highest BCUT2D eigenvalue weighted by Crippen LogP contribution is 2.38. The number of amides is 1. The van der Waals surface area contributed by atoms with Crippen molar-refractivity contribution in [3.63, 3.8) is 0 Å². The number of aromatic hydroxyl groups is 1. The van der Waals surface area contributed by atoms with Gasteiger partial charge in [-0.15, -0.1) is 10.2 Å². The van der Waals surface area contributed by atoms with E-state index >= 15 is 0 Å². The summed E-state index contributed by atoms with van der Waals surface area (Å²) in [5.74, 6) is -1.10. The van der Waals surface area contributed by atoms with Crippen LogP contribution in [-0.4, -0.2) is 33.6 Å². The maximum atomic E-state index is 13.2. The first-order valence-corrected chi connectivity index (χ1v) is 10.7. The van der Waals surface area contributed by atoms with Gasteiger partial charge in [0.15, 0.2) is 17.7 Å². The molecule has 1 aromatic heterocycles. The van der Waals surface area contributed by atoms with Crippen molar-refractivity contribution in [3.8, 4) is 11.8 Å². The van der Waals surface area contributed by atoms with E-state index in [2.05, 4.69) is 36.9 Å². The van der Waals surface area contributed by atoms with Crippen molar-refractivity contribution in [1.82, 2.24) is 10.2 Å². The van der Waals surface area contributed by atoms with Gasteiger partial charge in [0.1, 0.15) is 11.6 Å². The minimum absolute atomic E-state index is 0.0752. The molecule has 1 aliphatic rings. The average molecular weight is 462 g/mol. The molecule has 0 spiro atoms. The van der Waals surface area contributed by atoms with Gasteiger partial charge in [-0.25, -0.2) is 5.01 Å². The largest absolute Gasteiger partial charge is 0.505 e. The molecule has 170 valence electrons. The number of phenolic OH excluding ortho intramolecular Hbond substituents is 1. The summed E-state index contributed by atoms with van der Waals surface area (Å²) >= 11 is 0. The van der Waals surface area contributed by atoms with E-state index < -0.39 is 18.0 Å². The van der Waals surface area contributed by atoms with Crippen molar-refractivity contribution >= 4 is 40.1 Å². The Morgan fingerprint density at radius 2 is 1.89 bits per heavy atom. The lowest BCUT2D eigenvalue weighted by Crippen LogP contribution is -2.30. The Labute approximate surface area is 199 Å². The smallest absolute Gasteiger partial charge is 0.260 e. The lowest BCUT2D eigenvalue weighted by molar-refractivity contribution is 0.102. The van der Waals surface area contributed by atoms with Crippen LogP contribution in [0.5, 0.6) is 5.75 Å². The topological polar surface area (TPSA) is 139 Å². The second kappa shape index (κ2) is 9.36. The minimum atomic E-state index is -0.816. The highest BCUT2D eigenvalue weighted by Gasteiger charge is 2.33. The van der Waals surface area contributed by atoms with Crippen LogP contribution < -0.4 is 10.3 Å². The van der Waals surface area contributed by atoms with E-state index in [1.165, 1.54) is 17.4 Å². The van der Waals surface area contributed by atoms with E-state index in [0.717, 1.165) is 0 Å². The number of fused-ring (bicyclic) bond motifs is 1. The van der Waals surface area contributed by atoms with Gasteiger partial charge in [0, 0.05) is 18.1 Å². The number of carbonyl (C=O) groups is 1. The number of azo groups is 1. The van der Waals surface area contributed by atoms with Crippen LogP contribution >= 0.6 is 0 Å². The third-order valence-electron chi connectivity index (χ3n) is 5.41. The van der Waals surface area contributed by atoms with Crippen molar-refractivity contribution in [3.05, 3.63) is 84.6 Å². The van der Waals surface area contributed by atoms with E-state index in [9.17, 15) is 15.2 Å². The SMILES string of the molecule is N#CC1C=NN(c2cccnn2)C1/N=N/c1cc2ccccc2c(C(=O)Nc2ccccc2)c1O. The molecule has 2 atom stereocenters. The minimum Gasteiger partial charge on any atom is -0.505 e. The molecule has 0 saturated carbocycles. The number of hydrogen-bond donors (Lipinski definition) is 2. The van der Waals surface area contributed by atoms with Crippen LogP contribution in [0.25, 0.3) is 10.8 Å². The Balaban J connectivity index is 1.54. The number of aromatic nitrogens is 2. The van der Waals surface area contributed by atoms with Crippen molar-refractivity contribution in [2.75, 3.05) is 10.3 Å². The molecule has 0 aliphatic carbocycles. The number of benzene rings is 3. The van der Waals surface area contributed by atoms with Crippen LogP contribution in [0.15, 0.2) is 94.3 Å². The normalized spacial score (nSPS) is 17.1. The summed E-state index contributed by atoms with van der Waals surface area (Å²) in [6.07, 6.45) is 2.16. The van der Waals surface area contributed by atoms with E-state index in [1.54, 1.807) is 54.6 Å². The lowest BCUT2D eigenvalue weighted by Gasteiger charge is -2.19. The van der Waals surface area contributed by atoms with Gasteiger partial charge in [0.25, 0.3) is 5.91 Å². The van der Waals surface area contributed by atoms with Crippen LogP contribution in [0.1, 0.15) is 10.4 Å². The number of nitrogens with zero attached hydrogens (tertiary/aromatic N) is 7. The van der Waals surface area contributed by atoms with E-state index in [1.807, 2.05) is 18.2 Å². The Hall–Kier alpha value is -5.17. The summed E-state index contributed by atoms with van der Waals surface area (Å²) in [6, 6.07) is 23.3. The van der Waals surface area contributed by atoms with Crippen LogP contribution in [0, 0.1) is 17.2 Å². The summed E-state index contributed by atoms with van der Waals surface area (Å²) < 4.78 is 0. The molecule has 2 heterocycles. The zero-order valence-corrected chi connectivity index (χ0v) is 18.2. The molecule has 0 fully saturated rings. The third kappa shape index (κ3) is 4.26. The lowest BCUT2D eigenvalue weighted by atomic mass is 10.0. The predicted octanol–water partition coefficient (Wildman–Crippen LogP) is 4.64. The fraction of sp³-hybridized carbons (Fsp3) is 0.0800. The molecule has 4 aromatic rings. The molecular weight excluding hydrogens is 444 g/mol. The van der Waals surface area contributed by atoms with Gasteiger partial charge >= 0.3 is 0 Å². The summed E-state index contributed by atoms with van der Waals surface area (Å²) in [7, 11) is 0. The van der Waals surface area contributed by atoms with Gasteiger partial charge in [-0.05, 0) is 41.1 Å². The predicted molar refractivity (Wildman–Crippen MR) is 130 cm³/mol. The Morgan fingerprint density at radius 3 is 2.66 bits per heavy atom. The van der Waals surface area contributed by atoms with Gasteiger partial charge in [0.05, 0.1) is 11.6 Å². The number of nitrogens with one attached hydrogen (secondary N) is 1. The van der Waals surface area contributed by atoms with Crippen LogP contribution in [0.3, 0.4) is 0 Å². The fourth-order valence-corrected chi connectivity index (χ4v) is 3.74. The Bertz CT molecular complexity index is 1480. The molecule has 5 rings (SSSR count). The zero-order valence-electron chi connectivity index (χ0n) is 18.2. The van der Waals surface area contributed by atoms with Crippen molar-refractivity contribution < 1.29 is 9.90 Å². The molecule has 35 heavy (non-hydrogen) atoms. The van der Waals surface area contributed by atoms with E-state index in [4.69, 9.17) is 0 Å². The maximum absolute atomic E-state index is 13.2. The average Bonchev–Trinajstić information content (AvgIpc) is 3.31. The quantitative estimate of drug-likeness (QED) is 0.414. The van der Waals surface area contributed by atoms with Gasteiger partial charge in [0.2, 0.25) is 0 Å². The summed E-state index contributed by atoms with van der Waals surface area (Å²) in [5, 5.41) is 46.7. The van der Waals surface area contributed by atoms with Gasteiger partial charge in [-0.2, -0.15) is 20.6 Å². The number of phenols is 1. The maximum Gasteiger partial charge on any atom is 0.260 e. The number of para-hydroxylation sites is 1. The highest BCUT2D eigenvalue weighted by atomic mass is 16.3. The molecular formula is C25H18N8O2. The third-order valence-corrected chi connectivity index (χ3v) is 5.41. The first-order chi connectivity index (χ1) is 17.2. The standard InChI is InChI=1S/C25H18N8O2/c26-14-17-15-28-33(21-11-6-12-27-31-21)24(17)32-30-20-13-16-7-4-5-10-19(16)22(23(20)34)25(35)29-18-8-2-1-3-9-18/h1-13,15,17,24,34H,(H,29,35)/b32-30+. The van der Waals surface area contributed by atoms with Gasteiger partial charge in [-0.3, -0.25) is 4.79 Å². The van der Waals surface area contributed by atoms with Crippen LogP contribution in [0.4, 0.5) is 17.2 Å². The van der Waals surface area contributed by atoms with Crippen LogP contribution in [-0.2, 0) is 0 Å². The zero-order chi connectivity index (χ0) is 24.2. The molecule has 10 heteroatoms. The van der Waals surface area contributed by atoms with Gasteiger partial charge < -0.3 is 10.4 Å². The van der Waals surface area contributed by atoms with Crippen molar-refractivity contribution in [1.29, 1.82) is 5.26 Å². The molecule has 3 aromatic carbocycles. The number of anilines is 2. The number of nitriles is 1. The molecule has 1 aliphatic heterocycles. The molecule has 0 saturated heterocycles. The van der Waals surface area contributed by atoms with E-state index in [0.29, 0.717) is 22.3 Å². The highest BCUT2D eigenvalue weighted by molar-refractivity contribution is 6.16. The number of carbonyl (C=O) groups excluding carboxylic acids is 1.